The Kier molecular flexibility index (Phi) is 9.66. The third kappa shape index (κ3) is 7.34. The van der Waals surface area contributed by atoms with E-state index in [0.29, 0.717) is 0 Å². The third-order valence-electron chi connectivity index (χ3n) is 3.75. The molecule has 1 radical (unpaired) electrons. The van der Waals surface area contributed by atoms with Gasteiger partial charge >= 0.3 is 0 Å². The van der Waals surface area contributed by atoms with Gasteiger partial charge in [0.15, 0.2) is 0 Å². The Labute approximate surface area is 125 Å². The van der Waals surface area contributed by atoms with Crippen molar-refractivity contribution >= 4 is 0 Å². The number of rotatable bonds is 11. The molecule has 0 aliphatic rings. The number of hydrogen-bond acceptors (Lipinski definition) is 1. The lowest BCUT2D eigenvalue weighted by Crippen LogP contribution is -1.88. The molecule has 1 rings (SSSR count). The van der Waals surface area contributed by atoms with Gasteiger partial charge in [0, 0.05) is 0 Å². The van der Waals surface area contributed by atoms with Gasteiger partial charge in [0.2, 0.25) is 0 Å². The maximum atomic E-state index is 9.01. The summed E-state index contributed by atoms with van der Waals surface area (Å²) in [6.45, 7) is 2.26. The first-order chi connectivity index (χ1) is 9.88. The fourth-order valence-corrected chi connectivity index (χ4v) is 2.49. The van der Waals surface area contributed by atoms with Gasteiger partial charge in [0.05, 0.1) is 11.6 Å². The summed E-state index contributed by atoms with van der Waals surface area (Å²) in [5.41, 5.74) is 1.89. The highest BCUT2D eigenvalue weighted by molar-refractivity contribution is 5.41. The second-order valence-corrected chi connectivity index (χ2v) is 5.52. The van der Waals surface area contributed by atoms with Crippen LogP contribution in [0, 0.1) is 17.8 Å². The highest BCUT2D eigenvalue weighted by atomic mass is 14.2. The third-order valence-corrected chi connectivity index (χ3v) is 3.75. The predicted octanol–water partition coefficient (Wildman–Crippen LogP) is 6.03. The zero-order valence-corrected chi connectivity index (χ0v) is 12.9. The van der Waals surface area contributed by atoms with Gasteiger partial charge in [-0.2, -0.15) is 5.26 Å². The van der Waals surface area contributed by atoms with Gasteiger partial charge in [-0.05, 0) is 24.5 Å². The lowest BCUT2D eigenvalue weighted by atomic mass is 10.0. The topological polar surface area (TPSA) is 23.8 Å². The van der Waals surface area contributed by atoms with E-state index in [1.165, 1.54) is 57.8 Å². The first kappa shape index (κ1) is 16.8. The molecular formula is C19H28N. The lowest BCUT2D eigenvalue weighted by molar-refractivity contribution is 0.564. The van der Waals surface area contributed by atoms with Crippen molar-refractivity contribution in [3.63, 3.8) is 0 Å². The SMILES string of the molecule is CCCCCCCCCCC[CH]c1ccccc1C#N. The molecule has 20 heavy (non-hydrogen) atoms. The van der Waals surface area contributed by atoms with Crippen molar-refractivity contribution in [2.45, 2.75) is 71.1 Å². The average molecular weight is 270 g/mol. The molecule has 0 fully saturated rings. The van der Waals surface area contributed by atoms with Crippen molar-refractivity contribution < 1.29 is 0 Å². The molecule has 0 saturated carbocycles. The Balaban J connectivity index is 1.98. The van der Waals surface area contributed by atoms with E-state index in [1.54, 1.807) is 0 Å². The molecule has 0 aliphatic heterocycles. The van der Waals surface area contributed by atoms with Crippen LogP contribution < -0.4 is 0 Å². The molecule has 0 bridgehead atoms. The van der Waals surface area contributed by atoms with Gasteiger partial charge in [0.25, 0.3) is 0 Å². The summed E-state index contributed by atoms with van der Waals surface area (Å²) in [5, 5.41) is 9.01. The van der Waals surface area contributed by atoms with Crippen molar-refractivity contribution in [2.24, 2.45) is 0 Å². The Morgan fingerprint density at radius 2 is 1.50 bits per heavy atom. The minimum absolute atomic E-state index is 0.795. The molecule has 1 heteroatoms. The minimum atomic E-state index is 0.795. The van der Waals surface area contributed by atoms with Crippen LogP contribution in [0.3, 0.4) is 0 Å². The molecule has 0 spiro atoms. The summed E-state index contributed by atoms with van der Waals surface area (Å²) < 4.78 is 0. The highest BCUT2D eigenvalue weighted by Crippen LogP contribution is 2.15. The second-order valence-electron chi connectivity index (χ2n) is 5.52. The zero-order valence-electron chi connectivity index (χ0n) is 12.9. The van der Waals surface area contributed by atoms with Crippen LogP contribution in [0.2, 0.25) is 0 Å². The van der Waals surface area contributed by atoms with Crippen LogP contribution in [-0.2, 0) is 0 Å². The summed E-state index contributed by atoms with van der Waals surface area (Å²) in [4.78, 5) is 0. The Morgan fingerprint density at radius 3 is 2.15 bits per heavy atom. The van der Waals surface area contributed by atoms with Crippen molar-refractivity contribution in [3.8, 4) is 6.07 Å². The van der Waals surface area contributed by atoms with Crippen LogP contribution in [0.25, 0.3) is 0 Å². The Morgan fingerprint density at radius 1 is 0.900 bits per heavy atom. The molecule has 0 N–H and O–H groups in total. The summed E-state index contributed by atoms with van der Waals surface area (Å²) in [5.74, 6) is 0. The quantitative estimate of drug-likeness (QED) is 0.450. The van der Waals surface area contributed by atoms with E-state index in [-0.39, 0.29) is 0 Å². The standard InChI is InChI=1S/C19H28N/c1-2-3-4-5-6-7-8-9-10-11-14-18-15-12-13-16-19(18)17-20/h12-16H,2-11H2,1H3. The Hall–Kier alpha value is -1.29. The molecule has 0 aliphatic carbocycles. The molecule has 1 nitrogen and oxygen atoms in total. The van der Waals surface area contributed by atoms with E-state index in [2.05, 4.69) is 19.4 Å². The predicted molar refractivity (Wildman–Crippen MR) is 86.4 cm³/mol. The van der Waals surface area contributed by atoms with Gasteiger partial charge in [-0.25, -0.2) is 0 Å². The number of unbranched alkanes of at least 4 members (excludes halogenated alkanes) is 9. The molecular weight excluding hydrogens is 242 g/mol. The van der Waals surface area contributed by atoms with E-state index in [9.17, 15) is 0 Å². The maximum Gasteiger partial charge on any atom is 0.0994 e. The minimum Gasteiger partial charge on any atom is -0.192 e. The zero-order chi connectivity index (χ0) is 14.5. The maximum absolute atomic E-state index is 9.01. The largest absolute Gasteiger partial charge is 0.192 e. The number of nitriles is 1. The van der Waals surface area contributed by atoms with Crippen molar-refractivity contribution in [3.05, 3.63) is 41.8 Å². The van der Waals surface area contributed by atoms with Gasteiger partial charge in [-0.15, -0.1) is 0 Å². The first-order valence-corrected chi connectivity index (χ1v) is 8.20. The fraction of sp³-hybridized carbons (Fsp3) is 0.579. The smallest absolute Gasteiger partial charge is 0.0994 e. The number of hydrogen-bond donors (Lipinski definition) is 0. The van der Waals surface area contributed by atoms with Gasteiger partial charge in [0.1, 0.15) is 0 Å². The summed E-state index contributed by atoms with van der Waals surface area (Å²) in [6.07, 6.45) is 15.6. The van der Waals surface area contributed by atoms with Crippen LogP contribution in [-0.4, -0.2) is 0 Å². The normalized spacial score (nSPS) is 10.4. The van der Waals surface area contributed by atoms with E-state index >= 15 is 0 Å². The first-order valence-electron chi connectivity index (χ1n) is 8.20. The molecule has 0 aromatic heterocycles. The van der Waals surface area contributed by atoms with E-state index in [1.807, 2.05) is 24.3 Å². The molecule has 0 atom stereocenters. The molecule has 0 unspecified atom stereocenters. The van der Waals surface area contributed by atoms with Crippen LogP contribution >= 0.6 is 0 Å². The second kappa shape index (κ2) is 11.5. The number of benzene rings is 1. The van der Waals surface area contributed by atoms with Crippen LogP contribution in [0.1, 0.15) is 82.3 Å². The van der Waals surface area contributed by atoms with Gasteiger partial charge < -0.3 is 0 Å². The van der Waals surface area contributed by atoms with Crippen LogP contribution in [0.5, 0.6) is 0 Å². The average Bonchev–Trinajstić information content (AvgIpc) is 2.49. The Bertz CT molecular complexity index is 389. The van der Waals surface area contributed by atoms with Crippen molar-refractivity contribution in [1.29, 1.82) is 5.26 Å². The molecule has 1 aromatic carbocycles. The lowest BCUT2D eigenvalue weighted by Gasteiger charge is -2.04. The van der Waals surface area contributed by atoms with Crippen molar-refractivity contribution in [1.82, 2.24) is 0 Å². The number of nitrogens with zero attached hydrogens (tertiary/aromatic N) is 1. The van der Waals surface area contributed by atoms with Gasteiger partial charge in [-0.1, -0.05) is 82.9 Å². The summed E-state index contributed by atoms with van der Waals surface area (Å²) in [6, 6.07) is 10.1. The molecule has 0 heterocycles. The monoisotopic (exact) mass is 270 g/mol. The fourth-order valence-electron chi connectivity index (χ4n) is 2.49. The summed E-state index contributed by atoms with van der Waals surface area (Å²) >= 11 is 0. The van der Waals surface area contributed by atoms with E-state index in [0.717, 1.165) is 17.5 Å². The van der Waals surface area contributed by atoms with Crippen LogP contribution in [0.15, 0.2) is 24.3 Å². The highest BCUT2D eigenvalue weighted by Gasteiger charge is 2.00. The van der Waals surface area contributed by atoms with Gasteiger partial charge in [-0.3, -0.25) is 0 Å². The van der Waals surface area contributed by atoms with Crippen LogP contribution in [0.4, 0.5) is 0 Å². The van der Waals surface area contributed by atoms with E-state index < -0.39 is 0 Å². The summed E-state index contributed by atoms with van der Waals surface area (Å²) in [7, 11) is 0. The van der Waals surface area contributed by atoms with Crippen molar-refractivity contribution in [2.75, 3.05) is 0 Å². The molecule has 109 valence electrons. The molecule has 0 amide bonds. The van der Waals surface area contributed by atoms with E-state index in [4.69, 9.17) is 5.26 Å². The molecule has 1 aromatic rings. The molecule has 0 saturated heterocycles.